The van der Waals surface area contributed by atoms with Crippen molar-refractivity contribution in [2.45, 2.75) is 53.5 Å². The molecule has 0 aliphatic carbocycles. The minimum Gasteiger partial charge on any atom is -0.466 e. The first kappa shape index (κ1) is 12.3. The van der Waals surface area contributed by atoms with Gasteiger partial charge in [-0.05, 0) is 38.7 Å². The Labute approximate surface area is 92.9 Å². The molecule has 0 saturated heterocycles. The van der Waals surface area contributed by atoms with E-state index in [1.54, 1.807) is 0 Å². The second kappa shape index (κ2) is 4.84. The molecule has 1 heterocycles. The van der Waals surface area contributed by atoms with Crippen molar-refractivity contribution in [3.63, 3.8) is 0 Å². The molecule has 1 rings (SSSR count). The summed E-state index contributed by atoms with van der Waals surface area (Å²) in [6.07, 6.45) is 2.36. The number of furan rings is 1. The topological polar surface area (TPSA) is 39.2 Å². The molecular formula is C13H23NO. The molecule has 0 aliphatic heterocycles. The summed E-state index contributed by atoms with van der Waals surface area (Å²) in [7, 11) is 0. The van der Waals surface area contributed by atoms with E-state index < -0.39 is 0 Å². The minimum atomic E-state index is 0.113. The van der Waals surface area contributed by atoms with Gasteiger partial charge in [-0.1, -0.05) is 20.3 Å². The highest BCUT2D eigenvalue weighted by atomic mass is 16.3. The lowest BCUT2D eigenvalue weighted by Crippen LogP contribution is -2.20. The van der Waals surface area contributed by atoms with E-state index in [1.807, 2.05) is 13.8 Å². The summed E-state index contributed by atoms with van der Waals surface area (Å²) in [5, 5.41) is 0. The fourth-order valence-corrected chi connectivity index (χ4v) is 2.22. The van der Waals surface area contributed by atoms with Gasteiger partial charge < -0.3 is 10.2 Å². The Morgan fingerprint density at radius 3 is 2.20 bits per heavy atom. The van der Waals surface area contributed by atoms with Crippen LogP contribution in [0.4, 0.5) is 0 Å². The van der Waals surface area contributed by atoms with Gasteiger partial charge in [-0.3, -0.25) is 0 Å². The second-order valence-electron chi connectivity index (χ2n) is 4.54. The normalized spacial score (nSPS) is 15.3. The molecule has 0 bridgehead atoms. The van der Waals surface area contributed by atoms with E-state index in [1.165, 1.54) is 24.0 Å². The Morgan fingerprint density at radius 1 is 1.20 bits per heavy atom. The van der Waals surface area contributed by atoms with E-state index in [4.69, 9.17) is 10.2 Å². The highest BCUT2D eigenvalue weighted by molar-refractivity contribution is 5.34. The number of rotatable bonds is 4. The summed E-state index contributed by atoms with van der Waals surface area (Å²) in [5.41, 5.74) is 8.72. The highest BCUT2D eigenvalue weighted by Gasteiger charge is 2.21. The molecule has 0 fully saturated rings. The van der Waals surface area contributed by atoms with Crippen LogP contribution in [0, 0.1) is 26.7 Å². The van der Waals surface area contributed by atoms with Crippen molar-refractivity contribution >= 4 is 0 Å². The Morgan fingerprint density at radius 2 is 1.80 bits per heavy atom. The van der Waals surface area contributed by atoms with Gasteiger partial charge in [-0.25, -0.2) is 0 Å². The Bertz CT molecular complexity index is 328. The maximum absolute atomic E-state index is 6.28. The molecule has 0 aromatic carbocycles. The fraction of sp³-hybridized carbons (Fsp3) is 0.692. The smallest absolute Gasteiger partial charge is 0.106 e. The van der Waals surface area contributed by atoms with Crippen molar-refractivity contribution < 1.29 is 4.42 Å². The Kier molecular flexibility index (Phi) is 3.97. The lowest BCUT2D eigenvalue weighted by Gasteiger charge is -2.19. The molecule has 2 N–H and O–H groups in total. The van der Waals surface area contributed by atoms with Crippen LogP contribution in [0.5, 0.6) is 0 Å². The summed E-state index contributed by atoms with van der Waals surface area (Å²) in [5.74, 6) is 2.51. The zero-order valence-electron chi connectivity index (χ0n) is 10.6. The van der Waals surface area contributed by atoms with Crippen molar-refractivity contribution in [1.29, 1.82) is 0 Å². The first-order valence-corrected chi connectivity index (χ1v) is 5.81. The molecule has 2 nitrogen and oxygen atoms in total. The summed E-state index contributed by atoms with van der Waals surface area (Å²) in [4.78, 5) is 0. The van der Waals surface area contributed by atoms with E-state index >= 15 is 0 Å². The van der Waals surface area contributed by atoms with Gasteiger partial charge in [0.05, 0.1) is 0 Å². The molecule has 0 amide bonds. The minimum absolute atomic E-state index is 0.113. The lowest BCUT2D eigenvalue weighted by atomic mass is 9.90. The maximum atomic E-state index is 6.28. The highest BCUT2D eigenvalue weighted by Crippen LogP contribution is 2.31. The third-order valence-electron chi connectivity index (χ3n) is 3.31. The molecule has 1 aromatic heterocycles. The number of aryl methyl sites for hydroxylation is 2. The average Bonchev–Trinajstić information content (AvgIpc) is 2.41. The Balaban J connectivity index is 2.94. The Hall–Kier alpha value is -0.760. The van der Waals surface area contributed by atoms with Crippen LogP contribution < -0.4 is 5.73 Å². The average molecular weight is 209 g/mol. The number of nitrogens with two attached hydrogens (primary N) is 1. The summed E-state index contributed by atoms with van der Waals surface area (Å²) < 4.78 is 5.61. The molecular weight excluding hydrogens is 186 g/mol. The number of hydrogen-bond acceptors (Lipinski definition) is 2. The first-order valence-electron chi connectivity index (χ1n) is 5.81. The largest absolute Gasteiger partial charge is 0.466 e. The van der Waals surface area contributed by atoms with Gasteiger partial charge >= 0.3 is 0 Å². The van der Waals surface area contributed by atoms with Crippen LogP contribution in [0.3, 0.4) is 0 Å². The molecule has 2 heteroatoms. The monoisotopic (exact) mass is 209 g/mol. The van der Waals surface area contributed by atoms with Gasteiger partial charge in [0.2, 0.25) is 0 Å². The molecule has 2 atom stereocenters. The number of hydrogen-bond donors (Lipinski definition) is 1. The summed E-state index contributed by atoms with van der Waals surface area (Å²) in [6, 6.07) is 0.113. The van der Waals surface area contributed by atoms with Crippen LogP contribution >= 0.6 is 0 Å². The molecule has 0 spiro atoms. The van der Waals surface area contributed by atoms with Crippen LogP contribution in [0.1, 0.15) is 55.4 Å². The zero-order valence-corrected chi connectivity index (χ0v) is 10.6. The second-order valence-corrected chi connectivity index (χ2v) is 4.54. The van der Waals surface area contributed by atoms with Crippen LogP contribution in [0.25, 0.3) is 0 Å². The van der Waals surface area contributed by atoms with Gasteiger partial charge in [0.15, 0.2) is 0 Å². The zero-order chi connectivity index (χ0) is 11.6. The van der Waals surface area contributed by atoms with E-state index in [-0.39, 0.29) is 6.04 Å². The van der Waals surface area contributed by atoms with E-state index in [9.17, 15) is 0 Å². The van der Waals surface area contributed by atoms with Gasteiger partial charge in [0.25, 0.3) is 0 Å². The van der Waals surface area contributed by atoms with Gasteiger partial charge in [-0.15, -0.1) is 0 Å². The molecule has 0 radical (unpaired) electrons. The standard InChI is InChI=1S/C13H23NO/c1-6-7-8(2)13(14)12-9(3)10(4)15-11(12)5/h8,13H,6-7,14H2,1-5H3. The lowest BCUT2D eigenvalue weighted by molar-refractivity contribution is 0.423. The van der Waals surface area contributed by atoms with Gasteiger partial charge in [0, 0.05) is 11.6 Å². The van der Waals surface area contributed by atoms with Crippen LogP contribution in [-0.4, -0.2) is 0 Å². The molecule has 15 heavy (non-hydrogen) atoms. The van der Waals surface area contributed by atoms with Gasteiger partial charge in [-0.2, -0.15) is 0 Å². The van der Waals surface area contributed by atoms with Gasteiger partial charge in [0.1, 0.15) is 11.5 Å². The summed E-state index contributed by atoms with van der Waals surface area (Å²) >= 11 is 0. The molecule has 2 unspecified atom stereocenters. The summed E-state index contributed by atoms with van der Waals surface area (Å²) in [6.45, 7) is 10.5. The molecule has 0 aliphatic rings. The van der Waals surface area contributed by atoms with Crippen LogP contribution in [-0.2, 0) is 0 Å². The molecule has 1 aromatic rings. The fourth-order valence-electron chi connectivity index (χ4n) is 2.22. The third-order valence-corrected chi connectivity index (χ3v) is 3.31. The van der Waals surface area contributed by atoms with Crippen LogP contribution in [0.2, 0.25) is 0 Å². The van der Waals surface area contributed by atoms with Crippen LogP contribution in [0.15, 0.2) is 4.42 Å². The molecule has 86 valence electrons. The quantitative estimate of drug-likeness (QED) is 0.822. The van der Waals surface area contributed by atoms with E-state index in [0.717, 1.165) is 11.5 Å². The van der Waals surface area contributed by atoms with Crippen molar-refractivity contribution in [3.05, 3.63) is 22.6 Å². The van der Waals surface area contributed by atoms with Crippen molar-refractivity contribution in [3.8, 4) is 0 Å². The predicted octanol–water partition coefficient (Wildman–Crippen LogP) is 3.64. The third kappa shape index (κ3) is 2.43. The van der Waals surface area contributed by atoms with E-state index in [2.05, 4.69) is 20.8 Å². The SMILES string of the molecule is CCCC(C)C(N)c1c(C)oc(C)c1C. The first-order chi connectivity index (χ1) is 6.99. The van der Waals surface area contributed by atoms with Crippen molar-refractivity contribution in [1.82, 2.24) is 0 Å². The van der Waals surface area contributed by atoms with E-state index in [0.29, 0.717) is 5.92 Å². The maximum Gasteiger partial charge on any atom is 0.106 e. The molecule has 0 saturated carbocycles. The predicted molar refractivity (Wildman–Crippen MR) is 63.9 cm³/mol. The van der Waals surface area contributed by atoms with Crippen molar-refractivity contribution in [2.75, 3.05) is 0 Å². The van der Waals surface area contributed by atoms with Crippen molar-refractivity contribution in [2.24, 2.45) is 11.7 Å².